The number of aliphatic imine (C=N–C) groups is 2. The molecule has 0 radical (unpaired) electrons. The first-order valence-corrected chi connectivity index (χ1v) is 4.50. The van der Waals surface area contributed by atoms with Crippen molar-refractivity contribution < 1.29 is 4.79 Å². The van der Waals surface area contributed by atoms with Crippen LogP contribution in [-0.2, 0) is 4.79 Å². The van der Waals surface area contributed by atoms with Gasteiger partial charge in [0, 0.05) is 13.3 Å². The highest BCUT2D eigenvalue weighted by Crippen LogP contribution is 2.10. The van der Waals surface area contributed by atoms with E-state index in [-0.39, 0.29) is 12.2 Å². The molecule has 1 saturated heterocycles. The van der Waals surface area contributed by atoms with Gasteiger partial charge in [0.25, 0.3) is 5.91 Å². The zero-order valence-corrected chi connectivity index (χ0v) is 8.19. The number of amidine groups is 1. The Bertz CT molecular complexity index is 311. The Kier molecular flexibility index (Phi) is 2.20. The van der Waals surface area contributed by atoms with Crippen LogP contribution in [0.25, 0.3) is 0 Å². The lowest BCUT2D eigenvalue weighted by Crippen LogP contribution is -2.66. The van der Waals surface area contributed by atoms with Crippen molar-refractivity contribution in [2.45, 2.75) is 12.3 Å². The zero-order chi connectivity index (χ0) is 10.1. The molecule has 76 valence electrons. The van der Waals surface area contributed by atoms with Crippen LogP contribution in [-0.4, -0.2) is 55.8 Å². The summed E-state index contributed by atoms with van der Waals surface area (Å²) < 4.78 is 0. The van der Waals surface area contributed by atoms with Crippen molar-refractivity contribution in [2.24, 2.45) is 9.98 Å². The number of nitrogens with zero attached hydrogens (tertiary/aromatic N) is 3. The molecule has 2 aliphatic heterocycles. The molecule has 2 N–H and O–H groups in total. The highest BCUT2D eigenvalue weighted by molar-refractivity contribution is 6.11. The van der Waals surface area contributed by atoms with Crippen LogP contribution in [0, 0.1) is 0 Å². The molecule has 0 bridgehead atoms. The number of nitrogens with one attached hydrogen (secondary N) is 2. The average Bonchev–Trinajstić information content (AvgIpc) is 2.23. The summed E-state index contributed by atoms with van der Waals surface area (Å²) in [5.41, 5.74) is 0. The maximum absolute atomic E-state index is 11.6. The number of carbonyl (C=O) groups excluding carboxylic acids is 1. The molecule has 6 heteroatoms. The van der Waals surface area contributed by atoms with E-state index < -0.39 is 6.04 Å². The molecule has 14 heavy (non-hydrogen) atoms. The minimum absolute atomic E-state index is 0.0999. The molecule has 6 nitrogen and oxygen atoms in total. The maximum atomic E-state index is 11.6. The Morgan fingerprint density at radius 3 is 3.21 bits per heavy atom. The van der Waals surface area contributed by atoms with Gasteiger partial charge in [-0.3, -0.25) is 20.1 Å². The normalized spacial score (nSPS) is 30.9. The molecule has 2 aliphatic rings. The third-order valence-corrected chi connectivity index (χ3v) is 2.38. The monoisotopic (exact) mass is 195 g/mol. The van der Waals surface area contributed by atoms with E-state index in [0.29, 0.717) is 6.54 Å². The molecule has 1 amide bonds. The van der Waals surface area contributed by atoms with Crippen LogP contribution in [0.2, 0.25) is 0 Å². The van der Waals surface area contributed by atoms with Crippen molar-refractivity contribution in [1.82, 2.24) is 15.5 Å². The van der Waals surface area contributed by atoms with Gasteiger partial charge >= 0.3 is 0 Å². The van der Waals surface area contributed by atoms with Gasteiger partial charge in [0.15, 0.2) is 12.3 Å². The maximum Gasteiger partial charge on any atom is 0.255 e. The molecule has 2 heterocycles. The first-order valence-electron chi connectivity index (χ1n) is 4.50. The molecule has 2 rings (SSSR count). The minimum atomic E-state index is -0.460. The van der Waals surface area contributed by atoms with Gasteiger partial charge in [0.1, 0.15) is 5.84 Å². The van der Waals surface area contributed by atoms with Crippen molar-refractivity contribution in [3.63, 3.8) is 0 Å². The lowest BCUT2D eigenvalue weighted by molar-refractivity contribution is -0.124. The van der Waals surface area contributed by atoms with Gasteiger partial charge in [-0.05, 0) is 7.05 Å². The van der Waals surface area contributed by atoms with Gasteiger partial charge in [-0.25, -0.2) is 0 Å². The third-order valence-electron chi connectivity index (χ3n) is 2.38. The second-order valence-electron chi connectivity index (χ2n) is 3.24. The third kappa shape index (κ3) is 1.27. The Morgan fingerprint density at radius 2 is 2.50 bits per heavy atom. The van der Waals surface area contributed by atoms with Gasteiger partial charge in [0.05, 0.1) is 6.54 Å². The van der Waals surface area contributed by atoms with E-state index >= 15 is 0 Å². The number of hydrogen-bond donors (Lipinski definition) is 2. The predicted octanol–water partition coefficient (Wildman–Crippen LogP) is -1.60. The summed E-state index contributed by atoms with van der Waals surface area (Å²) in [5, 5.41) is 5.77. The fourth-order valence-corrected chi connectivity index (χ4v) is 1.64. The van der Waals surface area contributed by atoms with Crippen molar-refractivity contribution in [2.75, 3.05) is 20.6 Å². The van der Waals surface area contributed by atoms with E-state index in [1.54, 1.807) is 13.3 Å². The summed E-state index contributed by atoms with van der Waals surface area (Å²) in [4.78, 5) is 21.9. The quantitative estimate of drug-likeness (QED) is 0.529. The Morgan fingerprint density at radius 1 is 1.71 bits per heavy atom. The van der Waals surface area contributed by atoms with E-state index in [4.69, 9.17) is 0 Å². The van der Waals surface area contributed by atoms with Crippen molar-refractivity contribution in [1.29, 1.82) is 0 Å². The van der Waals surface area contributed by atoms with Crippen LogP contribution in [0.1, 0.15) is 0 Å². The number of carbonyl (C=O) groups is 1. The summed E-state index contributed by atoms with van der Waals surface area (Å²) in [6.45, 7) is 0.555. The second kappa shape index (κ2) is 3.38. The topological polar surface area (TPSA) is 69.1 Å². The van der Waals surface area contributed by atoms with E-state index in [9.17, 15) is 4.79 Å². The summed E-state index contributed by atoms with van der Waals surface area (Å²) in [7, 11) is 3.67. The number of fused-ring (bicyclic) bond motifs is 1. The molecule has 0 aromatic heterocycles. The number of likely N-dealkylation sites (N-methyl/N-ethyl adjacent to an activating group) is 1. The first-order chi connectivity index (χ1) is 6.74. The number of rotatable bonds is 1. The van der Waals surface area contributed by atoms with Crippen LogP contribution in [0.5, 0.6) is 0 Å². The van der Waals surface area contributed by atoms with E-state index in [1.807, 2.05) is 11.9 Å². The molecular weight excluding hydrogens is 182 g/mol. The molecule has 0 saturated carbocycles. The second-order valence-corrected chi connectivity index (χ2v) is 3.24. The van der Waals surface area contributed by atoms with Crippen LogP contribution in [0.15, 0.2) is 9.98 Å². The summed E-state index contributed by atoms with van der Waals surface area (Å²) >= 11 is 0. The van der Waals surface area contributed by atoms with E-state index in [2.05, 4.69) is 20.6 Å². The summed E-state index contributed by atoms with van der Waals surface area (Å²) in [6.07, 6.45) is 1.48. The Hall–Kier alpha value is -1.43. The van der Waals surface area contributed by atoms with Gasteiger partial charge < -0.3 is 10.2 Å². The molecule has 2 atom stereocenters. The zero-order valence-electron chi connectivity index (χ0n) is 8.19. The van der Waals surface area contributed by atoms with Crippen molar-refractivity contribution >= 4 is 18.0 Å². The molecular formula is C8H13N5O. The molecule has 0 aromatic carbocycles. The Balaban J connectivity index is 2.27. The summed E-state index contributed by atoms with van der Waals surface area (Å²) in [6, 6.07) is -0.460. The molecule has 1 fully saturated rings. The first kappa shape index (κ1) is 9.14. The van der Waals surface area contributed by atoms with E-state index in [0.717, 1.165) is 5.84 Å². The fourth-order valence-electron chi connectivity index (χ4n) is 1.64. The number of amides is 1. The Labute approximate surface area is 82.1 Å². The highest BCUT2D eigenvalue weighted by atomic mass is 16.2. The van der Waals surface area contributed by atoms with Gasteiger partial charge in [0.2, 0.25) is 0 Å². The van der Waals surface area contributed by atoms with Crippen molar-refractivity contribution in [3.8, 4) is 0 Å². The van der Waals surface area contributed by atoms with Crippen LogP contribution >= 0.6 is 0 Å². The molecule has 0 aliphatic carbocycles. The molecule has 0 spiro atoms. The average molecular weight is 195 g/mol. The lowest BCUT2D eigenvalue weighted by Gasteiger charge is -2.38. The van der Waals surface area contributed by atoms with Crippen LogP contribution in [0.4, 0.5) is 0 Å². The van der Waals surface area contributed by atoms with Crippen LogP contribution < -0.4 is 10.6 Å². The van der Waals surface area contributed by atoms with Gasteiger partial charge in [-0.2, -0.15) is 0 Å². The smallest absolute Gasteiger partial charge is 0.255 e. The molecule has 2 unspecified atom stereocenters. The standard InChI is InChI=1S/C8H13N5O/c1-9-8-12-7(14)5-6(13(8)2)11-4-3-10-5/h3,5,8-9H,4H2,1-2H3,(H,12,14). The van der Waals surface area contributed by atoms with Crippen molar-refractivity contribution in [3.05, 3.63) is 0 Å². The van der Waals surface area contributed by atoms with Gasteiger partial charge in [-0.15, -0.1) is 0 Å². The van der Waals surface area contributed by atoms with Crippen LogP contribution in [0.3, 0.4) is 0 Å². The fraction of sp³-hybridized carbons (Fsp3) is 0.625. The predicted molar refractivity (Wildman–Crippen MR) is 53.3 cm³/mol. The highest BCUT2D eigenvalue weighted by Gasteiger charge is 2.36. The summed E-state index contributed by atoms with van der Waals surface area (Å²) in [5.74, 6) is 0.632. The largest absolute Gasteiger partial charge is 0.328 e. The minimum Gasteiger partial charge on any atom is -0.328 e. The number of hydrogen-bond acceptors (Lipinski definition) is 5. The SMILES string of the molecule is CNC1NC(=O)C2N=CCN=C2N1C. The molecule has 0 aromatic rings. The lowest BCUT2D eigenvalue weighted by atomic mass is 10.2. The van der Waals surface area contributed by atoms with Gasteiger partial charge in [-0.1, -0.05) is 0 Å². The van der Waals surface area contributed by atoms with E-state index in [1.165, 1.54) is 0 Å².